The van der Waals surface area contributed by atoms with Gasteiger partial charge >= 0.3 is 11.6 Å². The summed E-state index contributed by atoms with van der Waals surface area (Å²) in [6.45, 7) is 1.86. The van der Waals surface area contributed by atoms with Gasteiger partial charge in [-0.05, 0) is 54.8 Å². The molecule has 1 aliphatic carbocycles. The van der Waals surface area contributed by atoms with E-state index in [2.05, 4.69) is 0 Å². The van der Waals surface area contributed by atoms with Crippen LogP contribution in [0.1, 0.15) is 41.6 Å². The quantitative estimate of drug-likeness (QED) is 0.424. The maximum Gasteiger partial charge on any atom is 0.352 e. The van der Waals surface area contributed by atoms with Crippen molar-refractivity contribution in [3.8, 4) is 5.75 Å². The third kappa shape index (κ3) is 4.94. The van der Waals surface area contributed by atoms with Crippen molar-refractivity contribution < 1.29 is 23.6 Å². The first kappa shape index (κ1) is 25.7. The first-order valence-corrected chi connectivity index (χ1v) is 13.0. The fourth-order valence-corrected chi connectivity index (χ4v) is 5.97. The summed E-state index contributed by atoms with van der Waals surface area (Å²) in [5, 5.41) is 12.3. The van der Waals surface area contributed by atoms with Crippen molar-refractivity contribution in [1.82, 2.24) is 14.7 Å². The summed E-state index contributed by atoms with van der Waals surface area (Å²) < 4.78 is 18.6. The molecule has 2 aromatic rings. The fraction of sp³-hybridized carbons (Fsp3) is 0.429. The van der Waals surface area contributed by atoms with E-state index in [-0.39, 0.29) is 35.9 Å². The normalized spacial score (nSPS) is 21.8. The average molecular weight is 523 g/mol. The minimum atomic E-state index is -0.589. The highest BCUT2D eigenvalue weighted by atomic mass is 19.1. The van der Waals surface area contributed by atoms with E-state index in [4.69, 9.17) is 4.74 Å². The third-order valence-corrected chi connectivity index (χ3v) is 7.88. The molecule has 9 nitrogen and oxygen atoms in total. The molecular formula is C28H31FN4O5. The van der Waals surface area contributed by atoms with Crippen LogP contribution in [0.25, 0.3) is 0 Å². The highest BCUT2D eigenvalue weighted by Gasteiger charge is 2.50. The maximum atomic E-state index is 13.6. The molecule has 2 amide bonds. The van der Waals surface area contributed by atoms with Crippen LogP contribution in [0.5, 0.6) is 5.75 Å². The molecule has 200 valence electrons. The lowest BCUT2D eigenvalue weighted by atomic mass is 9.77. The molecular weight excluding hydrogens is 491 g/mol. The number of methoxy groups -OCH3 is 1. The lowest BCUT2D eigenvalue weighted by Crippen LogP contribution is -2.57. The number of amides is 2. The van der Waals surface area contributed by atoms with Gasteiger partial charge in [0.1, 0.15) is 17.3 Å². The topological polar surface area (TPSA) is 96.2 Å². The van der Waals surface area contributed by atoms with E-state index >= 15 is 0 Å². The minimum absolute atomic E-state index is 0.100. The molecule has 0 spiro atoms. The van der Waals surface area contributed by atoms with Gasteiger partial charge in [-0.15, -0.1) is 0 Å². The summed E-state index contributed by atoms with van der Waals surface area (Å²) >= 11 is 0. The van der Waals surface area contributed by atoms with E-state index in [1.54, 1.807) is 53.3 Å². The monoisotopic (exact) mass is 522 g/mol. The van der Waals surface area contributed by atoms with E-state index in [1.165, 1.54) is 12.1 Å². The van der Waals surface area contributed by atoms with Gasteiger partial charge in [-0.25, -0.2) is 4.39 Å². The van der Waals surface area contributed by atoms with Gasteiger partial charge in [0.05, 0.1) is 12.0 Å². The number of carbonyl (C=O) groups is 2. The van der Waals surface area contributed by atoms with Crippen LogP contribution >= 0.6 is 0 Å². The Labute approximate surface area is 220 Å². The van der Waals surface area contributed by atoms with Crippen LogP contribution in [-0.4, -0.2) is 70.8 Å². The van der Waals surface area contributed by atoms with Crippen LogP contribution < -0.4 is 4.74 Å². The van der Waals surface area contributed by atoms with Crippen LogP contribution in [0.2, 0.25) is 0 Å². The zero-order chi connectivity index (χ0) is 26.8. The van der Waals surface area contributed by atoms with Crippen molar-refractivity contribution in [3.05, 3.63) is 87.0 Å². The molecule has 2 fully saturated rings. The van der Waals surface area contributed by atoms with E-state index in [0.29, 0.717) is 43.2 Å². The average Bonchev–Trinajstić information content (AvgIpc) is 2.95. The molecule has 2 heterocycles. The number of hydrogen-bond acceptors (Lipinski definition) is 6. The van der Waals surface area contributed by atoms with E-state index in [1.807, 2.05) is 4.90 Å². The number of piperazine rings is 1. The van der Waals surface area contributed by atoms with E-state index in [9.17, 15) is 24.1 Å². The summed E-state index contributed by atoms with van der Waals surface area (Å²) in [6, 6.07) is 12.7. The summed E-state index contributed by atoms with van der Waals surface area (Å²) in [5.74, 6) is -0.535. The number of halogens is 1. The largest absolute Gasteiger partial charge is 0.497 e. The van der Waals surface area contributed by atoms with Crippen molar-refractivity contribution in [2.24, 2.45) is 5.92 Å². The second-order valence-electron chi connectivity index (χ2n) is 10.0. The van der Waals surface area contributed by atoms with Gasteiger partial charge in [0.25, 0.3) is 5.91 Å². The van der Waals surface area contributed by atoms with Crippen molar-refractivity contribution >= 4 is 11.8 Å². The smallest absolute Gasteiger partial charge is 0.352 e. The number of nitro groups is 1. The van der Waals surface area contributed by atoms with Gasteiger partial charge in [-0.1, -0.05) is 25.0 Å². The predicted molar refractivity (Wildman–Crippen MR) is 137 cm³/mol. The SMILES string of the molecule is COc1ccc(C(=O)N2CCN(C3=C([N+](=O)[O-])C(=O)N(Cc4ccc(F)cc4)C4CCCCC34)CC2)cc1. The van der Waals surface area contributed by atoms with Gasteiger partial charge in [-0.3, -0.25) is 19.7 Å². The minimum Gasteiger partial charge on any atom is -0.497 e. The predicted octanol–water partition coefficient (Wildman–Crippen LogP) is 3.68. The molecule has 0 N–H and O–H groups in total. The molecule has 2 unspecified atom stereocenters. The number of nitrogens with zero attached hydrogens (tertiary/aromatic N) is 4. The van der Waals surface area contributed by atoms with Crippen LogP contribution in [-0.2, 0) is 11.3 Å². The van der Waals surface area contributed by atoms with Gasteiger partial charge in [-0.2, -0.15) is 0 Å². The van der Waals surface area contributed by atoms with Gasteiger partial charge in [0.2, 0.25) is 0 Å². The van der Waals surface area contributed by atoms with Crippen molar-refractivity contribution in [3.63, 3.8) is 0 Å². The van der Waals surface area contributed by atoms with Crippen molar-refractivity contribution in [1.29, 1.82) is 0 Å². The Balaban J connectivity index is 1.38. The Bertz CT molecular complexity index is 1240. The molecule has 1 saturated carbocycles. The molecule has 0 aromatic heterocycles. The van der Waals surface area contributed by atoms with Crippen molar-refractivity contribution in [2.75, 3.05) is 33.3 Å². The number of benzene rings is 2. The Kier molecular flexibility index (Phi) is 7.31. The van der Waals surface area contributed by atoms with Crippen LogP contribution in [0.3, 0.4) is 0 Å². The summed E-state index contributed by atoms with van der Waals surface area (Å²) in [5.41, 5.74) is 1.43. The Morgan fingerprint density at radius 3 is 2.32 bits per heavy atom. The van der Waals surface area contributed by atoms with Gasteiger partial charge < -0.3 is 19.4 Å². The second-order valence-corrected chi connectivity index (χ2v) is 10.0. The maximum absolute atomic E-state index is 13.6. The third-order valence-electron chi connectivity index (χ3n) is 7.88. The second kappa shape index (κ2) is 10.8. The number of carbonyl (C=O) groups excluding carboxylic acids is 2. The zero-order valence-corrected chi connectivity index (χ0v) is 21.3. The lowest BCUT2D eigenvalue weighted by Gasteiger charge is -2.47. The van der Waals surface area contributed by atoms with E-state index in [0.717, 1.165) is 31.2 Å². The molecule has 0 bridgehead atoms. The molecule has 10 heteroatoms. The fourth-order valence-electron chi connectivity index (χ4n) is 5.97. The molecule has 2 aliphatic heterocycles. The van der Waals surface area contributed by atoms with E-state index < -0.39 is 10.8 Å². The molecule has 2 aromatic carbocycles. The Morgan fingerprint density at radius 1 is 1.03 bits per heavy atom. The Morgan fingerprint density at radius 2 is 1.68 bits per heavy atom. The number of hydrogen-bond donors (Lipinski definition) is 0. The highest BCUT2D eigenvalue weighted by Crippen LogP contribution is 2.42. The number of fused-ring (bicyclic) bond motifs is 1. The highest BCUT2D eigenvalue weighted by molar-refractivity contribution is 5.94. The summed E-state index contributed by atoms with van der Waals surface area (Å²) in [7, 11) is 1.57. The molecule has 1 saturated heterocycles. The van der Waals surface area contributed by atoms with Gasteiger partial charge in [0, 0.05) is 50.2 Å². The lowest BCUT2D eigenvalue weighted by molar-refractivity contribution is -0.424. The first-order chi connectivity index (χ1) is 18.4. The zero-order valence-electron chi connectivity index (χ0n) is 21.3. The Hall–Kier alpha value is -3.95. The molecule has 38 heavy (non-hydrogen) atoms. The van der Waals surface area contributed by atoms with Crippen molar-refractivity contribution in [2.45, 2.75) is 38.3 Å². The number of rotatable bonds is 6. The van der Waals surface area contributed by atoms with Crippen LogP contribution in [0, 0.1) is 21.8 Å². The van der Waals surface area contributed by atoms with Gasteiger partial charge in [0.15, 0.2) is 0 Å². The molecule has 5 rings (SSSR count). The molecule has 3 aliphatic rings. The molecule has 0 radical (unpaired) electrons. The number of ether oxygens (including phenoxy) is 1. The summed E-state index contributed by atoms with van der Waals surface area (Å²) in [6.07, 6.45) is 3.40. The molecule has 2 atom stereocenters. The van der Waals surface area contributed by atoms with Crippen LogP contribution in [0.15, 0.2) is 59.9 Å². The summed E-state index contributed by atoms with van der Waals surface area (Å²) in [4.78, 5) is 43.7. The van der Waals surface area contributed by atoms with Crippen LogP contribution in [0.4, 0.5) is 4.39 Å². The first-order valence-electron chi connectivity index (χ1n) is 13.0. The standard InChI is InChI=1S/C28H31FN4O5/c1-38-22-12-8-20(9-13-22)27(34)31-16-14-30(15-17-31)25-23-4-2-3-5-24(23)32(28(35)26(25)33(36)37)18-19-6-10-21(29)11-7-19/h6-13,23-24H,2-5,14-18H2,1H3.